The van der Waals surface area contributed by atoms with Crippen molar-refractivity contribution in [3.05, 3.63) is 0 Å². The maximum Gasteiger partial charge on any atom is 0.225 e. The number of methoxy groups -OCH3 is 1. The molecule has 0 aromatic carbocycles. The summed E-state index contributed by atoms with van der Waals surface area (Å²) in [6.45, 7) is 5.55. The van der Waals surface area contributed by atoms with Crippen molar-refractivity contribution in [3.8, 4) is 0 Å². The first-order valence-electron chi connectivity index (χ1n) is 5.68. The number of halogens is 1. The summed E-state index contributed by atoms with van der Waals surface area (Å²) in [5.74, 6) is 0.0292. The molecule has 2 N–H and O–H groups in total. The summed E-state index contributed by atoms with van der Waals surface area (Å²) in [6, 6.07) is 0.642. The molecule has 1 aliphatic heterocycles. The zero-order valence-corrected chi connectivity index (χ0v) is 11.1. The lowest BCUT2D eigenvalue weighted by Gasteiger charge is -2.31. The summed E-state index contributed by atoms with van der Waals surface area (Å²) in [4.78, 5) is 11.7. The summed E-state index contributed by atoms with van der Waals surface area (Å²) in [5.41, 5.74) is 0. The first-order valence-corrected chi connectivity index (χ1v) is 5.68. The molecular formula is C11H23ClN2O2. The van der Waals surface area contributed by atoms with Gasteiger partial charge in [-0.15, -0.1) is 12.4 Å². The van der Waals surface area contributed by atoms with Crippen molar-refractivity contribution in [1.82, 2.24) is 10.6 Å². The minimum atomic E-state index is -0.0656. The van der Waals surface area contributed by atoms with Crippen molar-refractivity contribution in [2.24, 2.45) is 5.92 Å². The smallest absolute Gasteiger partial charge is 0.225 e. The van der Waals surface area contributed by atoms with E-state index in [-0.39, 0.29) is 30.3 Å². The highest BCUT2D eigenvalue weighted by atomic mass is 35.5. The normalized spacial score (nSPS) is 26.7. The monoisotopic (exact) mass is 250 g/mol. The molecule has 3 unspecified atom stereocenters. The second-order valence-corrected chi connectivity index (χ2v) is 4.36. The van der Waals surface area contributed by atoms with Crippen molar-refractivity contribution in [2.75, 3.05) is 20.3 Å². The first kappa shape index (κ1) is 15.7. The molecule has 0 radical (unpaired) electrons. The van der Waals surface area contributed by atoms with Crippen LogP contribution in [-0.4, -0.2) is 38.3 Å². The molecule has 0 aromatic rings. The van der Waals surface area contributed by atoms with Crippen LogP contribution in [0.5, 0.6) is 0 Å². The standard InChI is InChI=1S/C11H22N2O2.ClH/c1-8(7-15-3)11(14)13-10-5-4-6-12-9(10)2;/h8-10,12H,4-7H2,1-3H3,(H,13,14);1H. The van der Waals surface area contributed by atoms with Crippen LogP contribution >= 0.6 is 12.4 Å². The predicted molar refractivity (Wildman–Crippen MR) is 66.9 cm³/mol. The van der Waals surface area contributed by atoms with Crippen LogP contribution in [-0.2, 0) is 9.53 Å². The van der Waals surface area contributed by atoms with E-state index in [1.54, 1.807) is 7.11 Å². The third-order valence-corrected chi connectivity index (χ3v) is 2.95. The maximum atomic E-state index is 11.7. The minimum Gasteiger partial charge on any atom is -0.384 e. The van der Waals surface area contributed by atoms with Crippen molar-refractivity contribution in [2.45, 2.75) is 38.8 Å². The highest BCUT2D eigenvalue weighted by molar-refractivity contribution is 5.85. The second kappa shape index (κ2) is 7.87. The molecule has 4 nitrogen and oxygen atoms in total. The summed E-state index contributed by atoms with van der Waals surface area (Å²) >= 11 is 0. The number of rotatable bonds is 4. The van der Waals surface area contributed by atoms with Gasteiger partial charge >= 0.3 is 0 Å². The molecule has 0 spiro atoms. The molecule has 0 aliphatic carbocycles. The molecule has 0 aromatic heterocycles. The highest BCUT2D eigenvalue weighted by Gasteiger charge is 2.24. The Morgan fingerprint density at radius 1 is 1.62 bits per heavy atom. The Bertz CT molecular complexity index is 214. The fourth-order valence-electron chi connectivity index (χ4n) is 1.89. The lowest BCUT2D eigenvalue weighted by Crippen LogP contribution is -2.53. The Hall–Kier alpha value is -0.320. The van der Waals surface area contributed by atoms with Crippen LogP contribution < -0.4 is 10.6 Å². The maximum absolute atomic E-state index is 11.7. The van der Waals surface area contributed by atoms with Gasteiger partial charge in [0.05, 0.1) is 12.5 Å². The van der Waals surface area contributed by atoms with Gasteiger partial charge in [0.15, 0.2) is 0 Å². The van der Waals surface area contributed by atoms with E-state index in [2.05, 4.69) is 17.6 Å². The summed E-state index contributed by atoms with van der Waals surface area (Å²) in [7, 11) is 1.62. The third kappa shape index (κ3) is 4.68. The van der Waals surface area contributed by atoms with E-state index in [1.165, 1.54) is 0 Å². The van der Waals surface area contributed by atoms with Gasteiger partial charge in [0.2, 0.25) is 5.91 Å². The fraction of sp³-hybridized carbons (Fsp3) is 0.909. The van der Waals surface area contributed by atoms with Gasteiger partial charge in [0.25, 0.3) is 0 Å². The van der Waals surface area contributed by atoms with E-state index in [9.17, 15) is 4.79 Å². The van der Waals surface area contributed by atoms with E-state index in [4.69, 9.17) is 4.74 Å². The molecule has 1 heterocycles. The van der Waals surface area contributed by atoms with Crippen LogP contribution in [0.1, 0.15) is 26.7 Å². The number of ether oxygens (including phenoxy) is 1. The number of carbonyl (C=O) groups excluding carboxylic acids is 1. The van der Waals surface area contributed by atoms with Gasteiger partial charge in [-0.3, -0.25) is 4.79 Å². The van der Waals surface area contributed by atoms with Crippen LogP contribution in [0.2, 0.25) is 0 Å². The zero-order chi connectivity index (χ0) is 11.3. The molecular weight excluding hydrogens is 228 g/mol. The van der Waals surface area contributed by atoms with Crippen LogP contribution in [0, 0.1) is 5.92 Å². The average molecular weight is 251 g/mol. The lowest BCUT2D eigenvalue weighted by atomic mass is 9.99. The van der Waals surface area contributed by atoms with E-state index in [0.29, 0.717) is 12.6 Å². The highest BCUT2D eigenvalue weighted by Crippen LogP contribution is 2.09. The summed E-state index contributed by atoms with van der Waals surface area (Å²) in [5, 5.41) is 6.43. The van der Waals surface area contributed by atoms with Gasteiger partial charge in [0, 0.05) is 19.2 Å². The minimum absolute atomic E-state index is 0. The summed E-state index contributed by atoms with van der Waals surface area (Å²) in [6.07, 6.45) is 2.20. The van der Waals surface area contributed by atoms with E-state index < -0.39 is 0 Å². The van der Waals surface area contributed by atoms with Crippen molar-refractivity contribution < 1.29 is 9.53 Å². The fourth-order valence-corrected chi connectivity index (χ4v) is 1.89. The van der Waals surface area contributed by atoms with Gasteiger partial charge in [0.1, 0.15) is 0 Å². The Balaban J connectivity index is 0.00000225. The Morgan fingerprint density at radius 2 is 2.31 bits per heavy atom. The van der Waals surface area contributed by atoms with E-state index >= 15 is 0 Å². The predicted octanol–water partition coefficient (Wildman–Crippen LogP) is 0.947. The third-order valence-electron chi connectivity index (χ3n) is 2.95. The number of carbonyl (C=O) groups is 1. The molecule has 96 valence electrons. The van der Waals surface area contributed by atoms with Gasteiger partial charge in [-0.25, -0.2) is 0 Å². The molecule has 1 saturated heterocycles. The van der Waals surface area contributed by atoms with Crippen LogP contribution in [0.3, 0.4) is 0 Å². The van der Waals surface area contributed by atoms with Crippen molar-refractivity contribution in [3.63, 3.8) is 0 Å². The van der Waals surface area contributed by atoms with Crippen LogP contribution in [0.15, 0.2) is 0 Å². The largest absolute Gasteiger partial charge is 0.384 e. The zero-order valence-electron chi connectivity index (χ0n) is 10.3. The average Bonchev–Trinajstić information content (AvgIpc) is 2.21. The molecule has 0 bridgehead atoms. The van der Waals surface area contributed by atoms with Gasteiger partial charge < -0.3 is 15.4 Å². The number of piperidine rings is 1. The van der Waals surface area contributed by atoms with Crippen LogP contribution in [0.4, 0.5) is 0 Å². The molecule has 1 aliphatic rings. The van der Waals surface area contributed by atoms with Gasteiger partial charge in [-0.1, -0.05) is 6.92 Å². The summed E-state index contributed by atoms with van der Waals surface area (Å²) < 4.78 is 4.96. The lowest BCUT2D eigenvalue weighted by molar-refractivity contribution is -0.127. The molecule has 5 heteroatoms. The second-order valence-electron chi connectivity index (χ2n) is 4.36. The molecule has 16 heavy (non-hydrogen) atoms. The van der Waals surface area contributed by atoms with Crippen LogP contribution in [0.25, 0.3) is 0 Å². The van der Waals surface area contributed by atoms with Gasteiger partial charge in [-0.05, 0) is 26.3 Å². The number of nitrogens with one attached hydrogen (secondary N) is 2. The molecule has 1 fully saturated rings. The van der Waals surface area contributed by atoms with E-state index in [1.807, 2.05) is 6.92 Å². The van der Waals surface area contributed by atoms with Crippen molar-refractivity contribution in [1.29, 1.82) is 0 Å². The topological polar surface area (TPSA) is 50.4 Å². The Kier molecular flexibility index (Phi) is 7.72. The quantitative estimate of drug-likeness (QED) is 0.781. The Labute approximate surface area is 104 Å². The Morgan fingerprint density at radius 3 is 2.88 bits per heavy atom. The van der Waals surface area contributed by atoms with Crippen molar-refractivity contribution >= 4 is 18.3 Å². The number of hydrogen-bond acceptors (Lipinski definition) is 3. The van der Waals surface area contributed by atoms with E-state index in [0.717, 1.165) is 19.4 Å². The molecule has 3 atom stereocenters. The first-order chi connectivity index (χ1) is 7.15. The number of amides is 1. The number of hydrogen-bond donors (Lipinski definition) is 2. The molecule has 1 amide bonds. The van der Waals surface area contributed by atoms with Gasteiger partial charge in [-0.2, -0.15) is 0 Å². The molecule has 1 rings (SSSR count). The molecule has 0 saturated carbocycles. The SMILES string of the molecule is COCC(C)C(=O)NC1CCCNC1C.Cl.